The number of hydrogen-bond donors (Lipinski definition) is 2. The molecule has 140 valence electrons. The first-order valence-corrected chi connectivity index (χ1v) is 8.99. The van der Waals surface area contributed by atoms with E-state index in [0.29, 0.717) is 15.8 Å². The SMILES string of the molecule is O=C(NCc1ccc(C(F)(F)F)nc1)c1nc2sc3c(c2c(=O)[nH]1)CCC3. The number of pyridine rings is 1. The first-order valence-electron chi connectivity index (χ1n) is 8.18. The average Bonchev–Trinajstić information content (AvgIpc) is 3.19. The molecule has 6 nitrogen and oxygen atoms in total. The maximum atomic E-state index is 12.5. The maximum absolute atomic E-state index is 12.5. The van der Waals surface area contributed by atoms with Gasteiger partial charge in [0, 0.05) is 17.6 Å². The van der Waals surface area contributed by atoms with Crippen LogP contribution in [0.2, 0.25) is 0 Å². The smallest absolute Gasteiger partial charge is 0.345 e. The molecule has 0 aliphatic heterocycles. The van der Waals surface area contributed by atoms with Gasteiger partial charge in [0.1, 0.15) is 10.5 Å². The van der Waals surface area contributed by atoms with Crippen LogP contribution >= 0.6 is 11.3 Å². The molecule has 0 unspecified atom stereocenters. The van der Waals surface area contributed by atoms with Gasteiger partial charge in [-0.1, -0.05) is 6.07 Å². The second-order valence-electron chi connectivity index (χ2n) is 6.18. The van der Waals surface area contributed by atoms with Crippen LogP contribution in [0, 0.1) is 0 Å². The Balaban J connectivity index is 1.51. The van der Waals surface area contributed by atoms with Crippen molar-refractivity contribution in [2.75, 3.05) is 0 Å². The molecular formula is C17H13F3N4O2S. The summed E-state index contributed by atoms with van der Waals surface area (Å²) in [6.07, 6.45) is -0.696. The monoisotopic (exact) mass is 394 g/mol. The number of halogens is 3. The van der Waals surface area contributed by atoms with Crippen LogP contribution in [-0.2, 0) is 25.6 Å². The molecule has 4 rings (SSSR count). The zero-order valence-electron chi connectivity index (χ0n) is 13.8. The van der Waals surface area contributed by atoms with E-state index >= 15 is 0 Å². The summed E-state index contributed by atoms with van der Waals surface area (Å²) >= 11 is 1.42. The molecule has 2 N–H and O–H groups in total. The lowest BCUT2D eigenvalue weighted by molar-refractivity contribution is -0.141. The van der Waals surface area contributed by atoms with Crippen molar-refractivity contribution in [2.24, 2.45) is 0 Å². The molecule has 10 heteroatoms. The normalized spacial score (nSPS) is 13.7. The fraction of sp³-hybridized carbons (Fsp3) is 0.294. The van der Waals surface area contributed by atoms with E-state index < -0.39 is 17.8 Å². The van der Waals surface area contributed by atoms with Crippen LogP contribution in [0.3, 0.4) is 0 Å². The number of aromatic amines is 1. The number of fused-ring (bicyclic) bond motifs is 3. The zero-order valence-corrected chi connectivity index (χ0v) is 14.6. The summed E-state index contributed by atoms with van der Waals surface area (Å²) in [5.41, 5.74) is 0.0712. The minimum absolute atomic E-state index is 0.0351. The van der Waals surface area contributed by atoms with Crippen LogP contribution < -0.4 is 10.9 Å². The van der Waals surface area contributed by atoms with Gasteiger partial charge >= 0.3 is 6.18 Å². The van der Waals surface area contributed by atoms with Crippen LogP contribution in [0.5, 0.6) is 0 Å². The second kappa shape index (κ2) is 6.45. The number of thiophene rings is 1. The van der Waals surface area contributed by atoms with Crippen LogP contribution in [0.1, 0.15) is 38.7 Å². The Kier molecular flexibility index (Phi) is 4.22. The molecule has 0 bridgehead atoms. The van der Waals surface area contributed by atoms with Crippen molar-refractivity contribution in [3.8, 4) is 0 Å². The topological polar surface area (TPSA) is 87.7 Å². The molecule has 0 aromatic carbocycles. The molecule has 1 aliphatic carbocycles. The van der Waals surface area contributed by atoms with Crippen molar-refractivity contribution in [3.63, 3.8) is 0 Å². The van der Waals surface area contributed by atoms with E-state index in [-0.39, 0.29) is 17.9 Å². The highest BCUT2D eigenvalue weighted by molar-refractivity contribution is 7.18. The molecule has 1 aliphatic rings. The minimum atomic E-state index is -4.51. The number of rotatable bonds is 3. The lowest BCUT2D eigenvalue weighted by atomic mass is 10.2. The van der Waals surface area contributed by atoms with E-state index in [0.717, 1.165) is 42.0 Å². The molecule has 0 spiro atoms. The summed E-state index contributed by atoms with van der Waals surface area (Å²) in [7, 11) is 0. The number of nitrogens with one attached hydrogen (secondary N) is 2. The first-order chi connectivity index (χ1) is 12.8. The number of nitrogens with zero attached hydrogens (tertiary/aromatic N) is 2. The number of H-pyrrole nitrogens is 1. The molecule has 0 saturated heterocycles. The average molecular weight is 394 g/mol. The highest BCUT2D eigenvalue weighted by atomic mass is 32.1. The summed E-state index contributed by atoms with van der Waals surface area (Å²) in [5, 5.41) is 3.08. The third kappa shape index (κ3) is 3.32. The predicted molar refractivity (Wildman–Crippen MR) is 92.7 cm³/mol. The van der Waals surface area contributed by atoms with E-state index in [1.807, 2.05) is 0 Å². The Hall–Kier alpha value is -2.75. The van der Waals surface area contributed by atoms with Crippen molar-refractivity contribution < 1.29 is 18.0 Å². The third-order valence-electron chi connectivity index (χ3n) is 4.36. The quantitative estimate of drug-likeness (QED) is 0.715. The van der Waals surface area contributed by atoms with Crippen LogP contribution in [0.4, 0.5) is 13.2 Å². The summed E-state index contributed by atoms with van der Waals surface area (Å²) in [4.78, 5) is 36.4. The van der Waals surface area contributed by atoms with Gasteiger partial charge in [0.15, 0.2) is 0 Å². The van der Waals surface area contributed by atoms with Gasteiger partial charge in [-0.05, 0) is 36.5 Å². The number of carbonyl (C=O) groups excluding carboxylic acids is 1. The molecule has 3 heterocycles. The maximum Gasteiger partial charge on any atom is 0.433 e. The van der Waals surface area contributed by atoms with Crippen LogP contribution in [0.25, 0.3) is 10.2 Å². The van der Waals surface area contributed by atoms with Crippen molar-refractivity contribution >= 4 is 27.5 Å². The zero-order chi connectivity index (χ0) is 19.2. The molecule has 0 radical (unpaired) electrons. The van der Waals surface area contributed by atoms with Gasteiger partial charge in [-0.2, -0.15) is 13.2 Å². The van der Waals surface area contributed by atoms with E-state index in [4.69, 9.17) is 0 Å². The van der Waals surface area contributed by atoms with E-state index in [9.17, 15) is 22.8 Å². The lowest BCUT2D eigenvalue weighted by Gasteiger charge is -2.07. The fourth-order valence-corrected chi connectivity index (χ4v) is 4.33. The highest BCUT2D eigenvalue weighted by Gasteiger charge is 2.32. The summed E-state index contributed by atoms with van der Waals surface area (Å²) in [5.74, 6) is -0.727. The van der Waals surface area contributed by atoms with Gasteiger partial charge in [0.2, 0.25) is 5.82 Å². The first kappa shape index (κ1) is 17.7. The van der Waals surface area contributed by atoms with Crippen molar-refractivity contribution in [1.82, 2.24) is 20.3 Å². The van der Waals surface area contributed by atoms with Crippen molar-refractivity contribution in [2.45, 2.75) is 32.0 Å². The van der Waals surface area contributed by atoms with Crippen LogP contribution in [0.15, 0.2) is 23.1 Å². The highest BCUT2D eigenvalue weighted by Crippen LogP contribution is 2.34. The van der Waals surface area contributed by atoms with Gasteiger partial charge in [-0.3, -0.25) is 14.6 Å². The lowest BCUT2D eigenvalue weighted by Crippen LogP contribution is -2.27. The number of aryl methyl sites for hydroxylation is 2. The Morgan fingerprint density at radius 3 is 2.81 bits per heavy atom. The number of amides is 1. The van der Waals surface area contributed by atoms with Gasteiger partial charge in [-0.25, -0.2) is 4.98 Å². The molecule has 3 aromatic heterocycles. The second-order valence-corrected chi connectivity index (χ2v) is 7.27. The van der Waals surface area contributed by atoms with Gasteiger partial charge in [0.05, 0.1) is 5.39 Å². The van der Waals surface area contributed by atoms with E-state index in [1.54, 1.807) is 0 Å². The van der Waals surface area contributed by atoms with Crippen molar-refractivity contribution in [3.05, 3.63) is 56.2 Å². The summed E-state index contributed by atoms with van der Waals surface area (Å²) in [6.45, 7) is -0.0351. The Bertz CT molecular complexity index is 1090. The molecule has 27 heavy (non-hydrogen) atoms. The third-order valence-corrected chi connectivity index (χ3v) is 5.54. The molecule has 0 saturated carbocycles. The van der Waals surface area contributed by atoms with Crippen molar-refractivity contribution in [1.29, 1.82) is 0 Å². The van der Waals surface area contributed by atoms with Gasteiger partial charge < -0.3 is 10.3 Å². The van der Waals surface area contributed by atoms with Gasteiger partial charge in [-0.15, -0.1) is 11.3 Å². The number of hydrogen-bond acceptors (Lipinski definition) is 5. The standard InChI is InChI=1S/C17H13F3N4O2S/c18-17(19,20)11-5-4-8(6-21-11)7-22-15(26)13-23-14(25)12-9-2-1-3-10(9)27-16(12)24-13/h4-6H,1-3,7H2,(H,22,26)(H,23,24,25). The Morgan fingerprint density at radius 1 is 1.30 bits per heavy atom. The van der Waals surface area contributed by atoms with E-state index in [2.05, 4.69) is 20.3 Å². The minimum Gasteiger partial charge on any atom is -0.345 e. The number of alkyl halides is 3. The van der Waals surface area contributed by atoms with Crippen LogP contribution in [-0.4, -0.2) is 20.9 Å². The predicted octanol–water partition coefficient (Wildman–Crippen LogP) is 2.82. The van der Waals surface area contributed by atoms with E-state index in [1.165, 1.54) is 17.4 Å². The summed E-state index contributed by atoms with van der Waals surface area (Å²) in [6, 6.07) is 2.08. The Morgan fingerprint density at radius 2 is 2.11 bits per heavy atom. The van der Waals surface area contributed by atoms with Gasteiger partial charge in [0.25, 0.3) is 11.5 Å². The molecule has 1 amide bonds. The molecule has 0 fully saturated rings. The summed E-state index contributed by atoms with van der Waals surface area (Å²) < 4.78 is 37.5. The largest absolute Gasteiger partial charge is 0.433 e. The Labute approximate surface area is 154 Å². The fourth-order valence-electron chi connectivity index (χ4n) is 3.07. The molecule has 3 aromatic rings. The molecule has 0 atom stereocenters. The number of carbonyl (C=O) groups is 1. The molecular weight excluding hydrogens is 381 g/mol. The number of aromatic nitrogens is 3.